The number of amides is 2. The number of nitrogens with one attached hydrogen (secondary N) is 1. The molecular weight excluding hydrogens is 304 g/mol. The molecule has 3 atom stereocenters. The van der Waals surface area contributed by atoms with Crippen LogP contribution in [0.3, 0.4) is 0 Å². The van der Waals surface area contributed by atoms with E-state index in [-0.39, 0.29) is 24.2 Å². The Bertz CT molecular complexity index is 510. The second kappa shape index (κ2) is 7.81. The smallest absolute Gasteiger partial charge is 0.317 e. The van der Waals surface area contributed by atoms with E-state index >= 15 is 0 Å². The van der Waals surface area contributed by atoms with Crippen molar-refractivity contribution in [1.82, 2.24) is 10.2 Å². The number of carbonyl (C=O) groups excluding carboxylic acids is 1. The maximum Gasteiger partial charge on any atom is 0.317 e. The van der Waals surface area contributed by atoms with Crippen molar-refractivity contribution in [1.29, 1.82) is 0 Å². The van der Waals surface area contributed by atoms with E-state index in [1.807, 2.05) is 18.2 Å². The zero-order chi connectivity index (χ0) is 16.1. The van der Waals surface area contributed by atoms with Crippen LogP contribution in [-0.2, 0) is 4.74 Å². The number of halogens is 1. The minimum absolute atomic E-state index is 0.128. The predicted molar refractivity (Wildman–Crippen MR) is 86.0 cm³/mol. The first kappa shape index (κ1) is 17.1. The van der Waals surface area contributed by atoms with Gasteiger partial charge < -0.3 is 20.1 Å². The van der Waals surface area contributed by atoms with E-state index in [1.165, 1.54) is 0 Å². The number of likely N-dealkylation sites (tertiary alicyclic amines) is 1. The van der Waals surface area contributed by atoms with Gasteiger partial charge in [0.25, 0.3) is 0 Å². The molecule has 1 aromatic carbocycles. The highest BCUT2D eigenvalue weighted by atomic mass is 35.5. The fraction of sp³-hybridized carbons (Fsp3) is 0.562. The summed E-state index contributed by atoms with van der Waals surface area (Å²) in [6.07, 6.45) is 0.170. The maximum absolute atomic E-state index is 12.2. The van der Waals surface area contributed by atoms with Gasteiger partial charge >= 0.3 is 6.03 Å². The quantitative estimate of drug-likeness (QED) is 0.873. The van der Waals surface area contributed by atoms with E-state index in [0.29, 0.717) is 24.7 Å². The van der Waals surface area contributed by atoms with Crippen molar-refractivity contribution < 1.29 is 14.6 Å². The van der Waals surface area contributed by atoms with Crippen LogP contribution in [0.25, 0.3) is 0 Å². The lowest BCUT2D eigenvalue weighted by Crippen LogP contribution is -2.41. The SMILES string of the molecule is CO[C@H](CNC(=O)N1CC[C@@H]([C@H](C)O)C1)c1ccccc1Cl. The minimum Gasteiger partial charge on any atom is -0.393 e. The Morgan fingerprint density at radius 3 is 2.86 bits per heavy atom. The summed E-state index contributed by atoms with van der Waals surface area (Å²) in [6.45, 7) is 3.39. The van der Waals surface area contributed by atoms with E-state index in [2.05, 4.69) is 5.32 Å². The summed E-state index contributed by atoms with van der Waals surface area (Å²) in [5.41, 5.74) is 0.857. The van der Waals surface area contributed by atoms with Crippen LogP contribution in [0.1, 0.15) is 25.0 Å². The lowest BCUT2D eigenvalue weighted by atomic mass is 10.0. The van der Waals surface area contributed by atoms with Crippen LogP contribution < -0.4 is 5.32 Å². The number of nitrogens with zero attached hydrogens (tertiary/aromatic N) is 1. The number of aliphatic hydroxyl groups is 1. The average molecular weight is 327 g/mol. The molecule has 1 saturated heterocycles. The molecule has 22 heavy (non-hydrogen) atoms. The maximum atomic E-state index is 12.2. The molecular formula is C16H23ClN2O3. The van der Waals surface area contributed by atoms with Gasteiger partial charge in [-0.3, -0.25) is 0 Å². The Kier molecular flexibility index (Phi) is 6.06. The molecule has 5 nitrogen and oxygen atoms in total. The Morgan fingerprint density at radius 1 is 1.55 bits per heavy atom. The van der Waals surface area contributed by atoms with Crippen LogP contribution in [0.15, 0.2) is 24.3 Å². The normalized spacial score (nSPS) is 20.7. The van der Waals surface area contributed by atoms with Crippen molar-refractivity contribution in [3.8, 4) is 0 Å². The van der Waals surface area contributed by atoms with Crippen molar-refractivity contribution in [2.75, 3.05) is 26.7 Å². The van der Waals surface area contributed by atoms with Crippen molar-refractivity contribution in [3.05, 3.63) is 34.9 Å². The van der Waals surface area contributed by atoms with Crippen LogP contribution in [0.5, 0.6) is 0 Å². The molecule has 0 aliphatic carbocycles. The summed E-state index contributed by atoms with van der Waals surface area (Å²) in [7, 11) is 1.60. The summed E-state index contributed by atoms with van der Waals surface area (Å²) in [5.74, 6) is 0.160. The Morgan fingerprint density at radius 2 is 2.27 bits per heavy atom. The molecule has 0 spiro atoms. The molecule has 6 heteroatoms. The van der Waals surface area contributed by atoms with Crippen molar-refractivity contribution in [3.63, 3.8) is 0 Å². The topological polar surface area (TPSA) is 61.8 Å². The van der Waals surface area contributed by atoms with E-state index in [9.17, 15) is 9.90 Å². The number of ether oxygens (including phenoxy) is 1. The molecule has 0 aromatic heterocycles. The molecule has 2 N–H and O–H groups in total. The second-order valence-electron chi connectivity index (χ2n) is 5.67. The lowest BCUT2D eigenvalue weighted by molar-refractivity contribution is 0.101. The molecule has 0 radical (unpaired) electrons. The number of carbonyl (C=O) groups is 1. The fourth-order valence-electron chi connectivity index (χ4n) is 2.71. The summed E-state index contributed by atoms with van der Waals surface area (Å²) in [5, 5.41) is 13.1. The van der Waals surface area contributed by atoms with Crippen LogP contribution in [0, 0.1) is 5.92 Å². The number of methoxy groups -OCH3 is 1. The first-order chi connectivity index (χ1) is 10.5. The van der Waals surface area contributed by atoms with Gasteiger partial charge in [0.2, 0.25) is 0 Å². The van der Waals surface area contributed by atoms with Gasteiger partial charge in [-0.1, -0.05) is 29.8 Å². The van der Waals surface area contributed by atoms with Gasteiger partial charge in [0, 0.05) is 43.2 Å². The summed E-state index contributed by atoms with van der Waals surface area (Å²) >= 11 is 6.16. The van der Waals surface area contributed by atoms with Crippen LogP contribution >= 0.6 is 11.6 Å². The number of rotatable bonds is 5. The molecule has 1 aliphatic heterocycles. The number of benzene rings is 1. The zero-order valence-electron chi connectivity index (χ0n) is 13.0. The minimum atomic E-state index is -0.382. The second-order valence-corrected chi connectivity index (χ2v) is 6.07. The predicted octanol–water partition coefficient (Wildman–Crippen LogP) is 2.44. The zero-order valence-corrected chi connectivity index (χ0v) is 13.7. The summed E-state index contributed by atoms with van der Waals surface area (Å²) in [4.78, 5) is 13.9. The first-order valence-electron chi connectivity index (χ1n) is 7.51. The molecule has 1 aliphatic rings. The van der Waals surface area contributed by atoms with Gasteiger partial charge in [0.1, 0.15) is 6.10 Å². The Labute approximate surface area is 136 Å². The van der Waals surface area contributed by atoms with E-state index < -0.39 is 0 Å². The Hall–Kier alpha value is -1.30. The molecule has 0 unspecified atom stereocenters. The molecule has 1 fully saturated rings. The fourth-order valence-corrected chi connectivity index (χ4v) is 2.97. The highest BCUT2D eigenvalue weighted by Crippen LogP contribution is 2.25. The molecule has 0 saturated carbocycles. The van der Waals surface area contributed by atoms with E-state index in [4.69, 9.17) is 16.3 Å². The van der Waals surface area contributed by atoms with Gasteiger partial charge in [0.05, 0.1) is 6.10 Å². The number of aliphatic hydroxyl groups excluding tert-OH is 1. The van der Waals surface area contributed by atoms with Crippen LogP contribution in [0.4, 0.5) is 4.79 Å². The van der Waals surface area contributed by atoms with Crippen molar-refractivity contribution >= 4 is 17.6 Å². The third kappa shape index (κ3) is 4.12. The molecule has 122 valence electrons. The van der Waals surface area contributed by atoms with Gasteiger partial charge in [-0.05, 0) is 19.4 Å². The summed E-state index contributed by atoms with van der Waals surface area (Å²) in [6, 6.07) is 7.32. The number of hydrogen-bond acceptors (Lipinski definition) is 3. The van der Waals surface area contributed by atoms with Gasteiger partial charge in [-0.25, -0.2) is 4.79 Å². The molecule has 2 rings (SSSR count). The monoisotopic (exact) mass is 326 g/mol. The van der Waals surface area contributed by atoms with Crippen LogP contribution in [-0.4, -0.2) is 48.9 Å². The standard InChI is InChI=1S/C16H23ClN2O3/c1-11(20)12-7-8-19(10-12)16(21)18-9-15(22-2)13-5-3-4-6-14(13)17/h3-6,11-12,15,20H,7-10H2,1-2H3,(H,18,21)/t11-,12+,15+/m0/s1. The molecule has 1 aromatic rings. The molecule has 2 amide bonds. The molecule has 1 heterocycles. The highest BCUT2D eigenvalue weighted by molar-refractivity contribution is 6.31. The Balaban J connectivity index is 1.89. The summed E-state index contributed by atoms with van der Waals surface area (Å²) < 4.78 is 5.43. The largest absolute Gasteiger partial charge is 0.393 e. The van der Waals surface area contributed by atoms with E-state index in [1.54, 1.807) is 25.0 Å². The molecule has 0 bridgehead atoms. The first-order valence-corrected chi connectivity index (χ1v) is 7.88. The van der Waals surface area contributed by atoms with Crippen LogP contribution in [0.2, 0.25) is 5.02 Å². The highest BCUT2D eigenvalue weighted by Gasteiger charge is 2.29. The van der Waals surface area contributed by atoms with Gasteiger partial charge in [-0.2, -0.15) is 0 Å². The van der Waals surface area contributed by atoms with Crippen molar-refractivity contribution in [2.24, 2.45) is 5.92 Å². The third-order valence-electron chi connectivity index (χ3n) is 4.17. The van der Waals surface area contributed by atoms with Gasteiger partial charge in [0.15, 0.2) is 0 Å². The van der Waals surface area contributed by atoms with Gasteiger partial charge in [-0.15, -0.1) is 0 Å². The lowest BCUT2D eigenvalue weighted by Gasteiger charge is -2.22. The average Bonchev–Trinajstić information content (AvgIpc) is 2.99. The van der Waals surface area contributed by atoms with Crippen molar-refractivity contribution in [2.45, 2.75) is 25.6 Å². The number of urea groups is 1. The number of hydrogen-bond donors (Lipinski definition) is 2. The third-order valence-corrected chi connectivity index (χ3v) is 4.51. The van der Waals surface area contributed by atoms with E-state index in [0.717, 1.165) is 12.0 Å².